The fourth-order valence-electron chi connectivity index (χ4n) is 4.57. The number of ether oxygens (including phenoxy) is 2. The number of amides is 1. The number of carbonyl (C=O) groups excluding carboxylic acids is 5. The van der Waals surface area contributed by atoms with Gasteiger partial charge in [0.1, 0.15) is 5.75 Å². The molecule has 8 nitrogen and oxygen atoms in total. The summed E-state index contributed by atoms with van der Waals surface area (Å²) in [6, 6.07) is 25.8. The van der Waals surface area contributed by atoms with Crippen LogP contribution in [0, 0.1) is 5.92 Å². The molecule has 0 aromatic heterocycles. The highest BCUT2D eigenvalue weighted by molar-refractivity contribution is 9.10. The van der Waals surface area contributed by atoms with Crippen molar-refractivity contribution in [1.29, 1.82) is 0 Å². The molecule has 1 fully saturated rings. The van der Waals surface area contributed by atoms with Crippen LogP contribution in [0.5, 0.6) is 5.75 Å². The average molecular weight is 661 g/mol. The molecule has 43 heavy (non-hydrogen) atoms. The molecule has 0 unspecified atom stereocenters. The lowest BCUT2D eigenvalue weighted by atomic mass is 10.0. The smallest absolute Gasteiger partial charge is 0.343 e. The molecule has 216 valence electrons. The Labute approximate surface area is 260 Å². The number of hydrogen-bond donors (Lipinski definition) is 0. The van der Waals surface area contributed by atoms with Crippen LogP contribution in [0.25, 0.3) is 0 Å². The van der Waals surface area contributed by atoms with Gasteiger partial charge < -0.3 is 14.4 Å². The molecule has 1 atom stereocenters. The molecular weight excluding hydrogens is 638 g/mol. The molecular formula is C33H23BrClNO7. The number of rotatable bonds is 9. The van der Waals surface area contributed by atoms with Gasteiger partial charge in [-0.1, -0.05) is 57.9 Å². The van der Waals surface area contributed by atoms with E-state index >= 15 is 0 Å². The zero-order valence-electron chi connectivity index (χ0n) is 22.5. The van der Waals surface area contributed by atoms with E-state index in [4.69, 9.17) is 21.1 Å². The Hall–Kier alpha value is -4.60. The van der Waals surface area contributed by atoms with Crippen molar-refractivity contribution in [2.75, 3.05) is 18.1 Å². The highest BCUT2D eigenvalue weighted by Crippen LogP contribution is 2.32. The second-order valence-corrected chi connectivity index (χ2v) is 11.1. The molecule has 0 saturated carbocycles. The van der Waals surface area contributed by atoms with Crippen molar-refractivity contribution in [3.8, 4) is 5.75 Å². The van der Waals surface area contributed by atoms with Crippen molar-refractivity contribution in [3.05, 3.63) is 129 Å². The Morgan fingerprint density at radius 3 is 2.21 bits per heavy atom. The van der Waals surface area contributed by atoms with Crippen molar-refractivity contribution in [2.45, 2.75) is 6.42 Å². The largest absolute Gasteiger partial charge is 0.457 e. The van der Waals surface area contributed by atoms with E-state index in [1.807, 2.05) is 0 Å². The lowest BCUT2D eigenvalue weighted by Crippen LogP contribution is -2.28. The van der Waals surface area contributed by atoms with E-state index in [1.54, 1.807) is 66.7 Å². The van der Waals surface area contributed by atoms with Crippen molar-refractivity contribution in [3.63, 3.8) is 0 Å². The van der Waals surface area contributed by atoms with Gasteiger partial charge in [0, 0.05) is 39.2 Å². The molecule has 0 N–H and O–H groups in total. The SMILES string of the molecule is O=C(COC(=O)[C@H]1CC(=O)N(c2ccc(Cl)cc2C(=O)c2ccccc2)C1)c1ccc(OC(=O)c2ccc(Br)cc2)cc1. The van der Waals surface area contributed by atoms with Crippen LogP contribution < -0.4 is 9.64 Å². The molecule has 1 aliphatic heterocycles. The Kier molecular flexibility index (Phi) is 9.13. The molecule has 0 spiro atoms. The third-order valence-electron chi connectivity index (χ3n) is 6.80. The Balaban J connectivity index is 1.18. The highest BCUT2D eigenvalue weighted by Gasteiger charge is 2.38. The molecule has 4 aromatic rings. The molecule has 1 amide bonds. The summed E-state index contributed by atoms with van der Waals surface area (Å²) >= 11 is 9.48. The molecule has 0 aliphatic carbocycles. The minimum absolute atomic E-state index is 0.0129. The molecule has 4 aromatic carbocycles. The Morgan fingerprint density at radius 1 is 0.837 bits per heavy atom. The predicted octanol–water partition coefficient (Wildman–Crippen LogP) is 6.33. The second kappa shape index (κ2) is 13.1. The number of carbonyl (C=O) groups is 5. The first-order chi connectivity index (χ1) is 20.7. The van der Waals surface area contributed by atoms with Gasteiger partial charge in [-0.05, 0) is 66.7 Å². The standard InChI is InChI=1S/C33H23BrClNO7/c34-24-10-6-22(7-11-24)33(41)43-26-13-8-20(9-14-26)29(37)19-42-32(40)23-16-30(38)36(18-23)28-15-12-25(35)17-27(28)31(39)21-4-2-1-3-5-21/h1-15,17,23H,16,18-19H2/t23-/m0/s1. The van der Waals surface area contributed by atoms with Crippen LogP contribution in [-0.4, -0.2) is 42.6 Å². The van der Waals surface area contributed by atoms with Crippen LogP contribution in [0.4, 0.5) is 5.69 Å². The van der Waals surface area contributed by atoms with Crippen molar-refractivity contribution < 1.29 is 33.4 Å². The molecule has 1 aliphatic rings. The first-order valence-corrected chi connectivity index (χ1v) is 14.3. The number of nitrogens with zero attached hydrogens (tertiary/aromatic N) is 1. The first-order valence-electron chi connectivity index (χ1n) is 13.2. The quantitative estimate of drug-likeness (QED) is 0.117. The van der Waals surface area contributed by atoms with Crippen LogP contribution in [0.2, 0.25) is 5.02 Å². The maximum absolute atomic E-state index is 13.2. The minimum Gasteiger partial charge on any atom is -0.457 e. The van der Waals surface area contributed by atoms with Crippen LogP contribution in [-0.2, 0) is 14.3 Å². The van der Waals surface area contributed by atoms with E-state index in [1.165, 1.54) is 35.2 Å². The molecule has 1 heterocycles. The van der Waals surface area contributed by atoms with Crippen LogP contribution >= 0.6 is 27.5 Å². The van der Waals surface area contributed by atoms with Crippen molar-refractivity contribution >= 4 is 62.6 Å². The number of Topliss-reactive ketones (excluding diaryl/α,β-unsaturated/α-hetero) is 1. The summed E-state index contributed by atoms with van der Waals surface area (Å²) in [6.45, 7) is -0.540. The van der Waals surface area contributed by atoms with Gasteiger partial charge in [-0.2, -0.15) is 0 Å². The van der Waals surface area contributed by atoms with Gasteiger partial charge in [0.05, 0.1) is 17.2 Å². The summed E-state index contributed by atoms with van der Waals surface area (Å²) in [5.41, 5.74) is 1.64. The zero-order valence-corrected chi connectivity index (χ0v) is 24.8. The van der Waals surface area contributed by atoms with E-state index in [2.05, 4.69) is 15.9 Å². The Bertz CT molecular complexity index is 1710. The number of anilines is 1. The molecule has 1 saturated heterocycles. The van der Waals surface area contributed by atoms with E-state index in [9.17, 15) is 24.0 Å². The predicted molar refractivity (Wildman–Crippen MR) is 163 cm³/mol. The summed E-state index contributed by atoms with van der Waals surface area (Å²) in [6.07, 6.45) is -0.132. The van der Waals surface area contributed by atoms with E-state index < -0.39 is 30.2 Å². The van der Waals surface area contributed by atoms with E-state index in [-0.39, 0.29) is 41.5 Å². The lowest BCUT2D eigenvalue weighted by Gasteiger charge is -2.20. The van der Waals surface area contributed by atoms with Crippen molar-refractivity contribution in [1.82, 2.24) is 0 Å². The molecule has 0 radical (unpaired) electrons. The minimum atomic E-state index is -0.823. The number of hydrogen-bond acceptors (Lipinski definition) is 7. The maximum atomic E-state index is 13.2. The molecule has 5 rings (SSSR count). The second-order valence-electron chi connectivity index (χ2n) is 9.71. The summed E-state index contributed by atoms with van der Waals surface area (Å²) in [5, 5.41) is 0.333. The summed E-state index contributed by atoms with van der Waals surface area (Å²) < 4.78 is 11.4. The average Bonchev–Trinajstić information content (AvgIpc) is 3.41. The summed E-state index contributed by atoms with van der Waals surface area (Å²) in [5.74, 6) is -2.95. The number of esters is 2. The van der Waals surface area contributed by atoms with Gasteiger partial charge in [0.2, 0.25) is 5.91 Å². The Morgan fingerprint density at radius 2 is 1.51 bits per heavy atom. The van der Waals surface area contributed by atoms with Gasteiger partial charge in [-0.15, -0.1) is 0 Å². The third-order valence-corrected chi connectivity index (χ3v) is 7.56. The fraction of sp³-hybridized carbons (Fsp3) is 0.121. The zero-order chi connectivity index (χ0) is 30.5. The van der Waals surface area contributed by atoms with Crippen molar-refractivity contribution in [2.24, 2.45) is 5.92 Å². The normalized spacial score (nSPS) is 14.3. The fourth-order valence-corrected chi connectivity index (χ4v) is 5.00. The molecule has 10 heteroatoms. The van der Waals surface area contributed by atoms with E-state index in [0.717, 1.165) is 4.47 Å². The number of ketones is 2. The maximum Gasteiger partial charge on any atom is 0.343 e. The van der Waals surface area contributed by atoms with Gasteiger partial charge in [0.15, 0.2) is 18.2 Å². The topological polar surface area (TPSA) is 107 Å². The van der Waals surface area contributed by atoms with Crippen LogP contribution in [0.15, 0.2) is 102 Å². The third kappa shape index (κ3) is 7.07. The number of benzene rings is 4. The van der Waals surface area contributed by atoms with Crippen LogP contribution in [0.1, 0.15) is 43.1 Å². The van der Waals surface area contributed by atoms with Crippen LogP contribution in [0.3, 0.4) is 0 Å². The lowest BCUT2D eigenvalue weighted by molar-refractivity contribution is -0.147. The van der Waals surface area contributed by atoms with Gasteiger partial charge >= 0.3 is 11.9 Å². The van der Waals surface area contributed by atoms with Gasteiger partial charge in [-0.3, -0.25) is 19.2 Å². The molecule has 0 bridgehead atoms. The van der Waals surface area contributed by atoms with E-state index in [0.29, 0.717) is 21.8 Å². The number of halogens is 2. The highest BCUT2D eigenvalue weighted by atomic mass is 79.9. The van der Waals surface area contributed by atoms with Gasteiger partial charge in [0.25, 0.3) is 0 Å². The summed E-state index contributed by atoms with van der Waals surface area (Å²) in [7, 11) is 0. The van der Waals surface area contributed by atoms with Gasteiger partial charge in [-0.25, -0.2) is 4.79 Å². The summed E-state index contributed by atoms with van der Waals surface area (Å²) in [4.78, 5) is 65.3. The first kappa shape index (κ1) is 29.9. The monoisotopic (exact) mass is 659 g/mol.